The molecule has 0 saturated carbocycles. The third-order valence-corrected chi connectivity index (χ3v) is 6.60. The lowest BCUT2D eigenvalue weighted by Gasteiger charge is -2.35. The van der Waals surface area contributed by atoms with E-state index in [-0.39, 0.29) is 30.0 Å². The van der Waals surface area contributed by atoms with Crippen molar-refractivity contribution in [1.29, 1.82) is 0 Å². The fourth-order valence-electron chi connectivity index (χ4n) is 4.63. The molecule has 7 heteroatoms. The third-order valence-electron chi connectivity index (χ3n) is 6.34. The second-order valence-corrected chi connectivity index (χ2v) is 9.09. The minimum absolute atomic E-state index is 0.0388. The van der Waals surface area contributed by atoms with Gasteiger partial charge in [0.2, 0.25) is 0 Å². The predicted octanol–water partition coefficient (Wildman–Crippen LogP) is 5.18. The molecule has 32 heavy (non-hydrogen) atoms. The molecule has 2 aromatic carbocycles. The van der Waals surface area contributed by atoms with Crippen molar-refractivity contribution < 1.29 is 23.5 Å². The van der Waals surface area contributed by atoms with Gasteiger partial charge in [-0.1, -0.05) is 23.7 Å². The Morgan fingerprint density at radius 2 is 2.00 bits per heavy atom. The van der Waals surface area contributed by atoms with E-state index in [2.05, 4.69) is 5.32 Å². The van der Waals surface area contributed by atoms with Crippen LogP contribution < -0.4 is 10.1 Å². The van der Waals surface area contributed by atoms with Crippen LogP contribution in [0.1, 0.15) is 58.2 Å². The smallest absolute Gasteiger partial charge is 0.287 e. The molecule has 0 unspecified atom stereocenters. The topological polar surface area (TPSA) is 77.8 Å². The maximum Gasteiger partial charge on any atom is 0.287 e. The summed E-state index contributed by atoms with van der Waals surface area (Å²) >= 11 is 6.02. The van der Waals surface area contributed by atoms with Gasteiger partial charge in [-0.05, 0) is 56.5 Å². The van der Waals surface area contributed by atoms with Crippen molar-refractivity contribution in [3.05, 3.63) is 63.9 Å². The number of ether oxygens (including phenoxy) is 2. The zero-order valence-corrected chi connectivity index (χ0v) is 18.8. The number of fused-ring (bicyclic) bond motifs is 3. The Bertz CT molecular complexity index is 1210. The SMILES string of the molecule is Cc1c(C(=O)NC[C@H]2CCCO2)oc2ccc3c(c12)C(=O)C[C@@](C)(c1ccc(Cl)cc1)O3. The van der Waals surface area contributed by atoms with Gasteiger partial charge in [-0.3, -0.25) is 9.59 Å². The number of furan rings is 1. The summed E-state index contributed by atoms with van der Waals surface area (Å²) in [6.45, 7) is 4.86. The first-order chi connectivity index (χ1) is 15.4. The highest BCUT2D eigenvalue weighted by Crippen LogP contribution is 2.44. The fourth-order valence-corrected chi connectivity index (χ4v) is 4.76. The predicted molar refractivity (Wildman–Crippen MR) is 121 cm³/mol. The van der Waals surface area contributed by atoms with Crippen LogP contribution in [-0.4, -0.2) is 30.9 Å². The highest BCUT2D eigenvalue weighted by atomic mass is 35.5. The van der Waals surface area contributed by atoms with Gasteiger partial charge in [0.15, 0.2) is 11.5 Å². The number of hydrogen-bond acceptors (Lipinski definition) is 5. The van der Waals surface area contributed by atoms with Crippen LogP contribution in [0.5, 0.6) is 5.75 Å². The number of carbonyl (C=O) groups is 2. The molecule has 3 aromatic rings. The van der Waals surface area contributed by atoms with Crippen LogP contribution in [-0.2, 0) is 10.3 Å². The largest absolute Gasteiger partial charge is 0.482 e. The van der Waals surface area contributed by atoms with Crippen LogP contribution in [0, 0.1) is 6.92 Å². The van der Waals surface area contributed by atoms with Crippen molar-refractivity contribution in [3.8, 4) is 5.75 Å². The van der Waals surface area contributed by atoms with E-state index < -0.39 is 5.60 Å². The number of benzene rings is 2. The molecular formula is C25H24ClNO5. The van der Waals surface area contributed by atoms with Gasteiger partial charge in [-0.15, -0.1) is 0 Å². The average molecular weight is 454 g/mol. The molecule has 0 spiro atoms. The molecule has 2 aliphatic rings. The number of ketones is 1. The Labute approximate surface area is 190 Å². The number of halogens is 1. The number of Topliss-reactive ketones (excluding diaryl/α,β-unsaturated/α-hetero) is 1. The molecule has 2 atom stereocenters. The van der Waals surface area contributed by atoms with E-state index >= 15 is 0 Å². The number of amides is 1. The van der Waals surface area contributed by atoms with Gasteiger partial charge in [0.25, 0.3) is 5.91 Å². The van der Waals surface area contributed by atoms with Crippen LogP contribution >= 0.6 is 11.6 Å². The summed E-state index contributed by atoms with van der Waals surface area (Å²) in [7, 11) is 0. The number of hydrogen-bond donors (Lipinski definition) is 1. The minimum atomic E-state index is -0.804. The Morgan fingerprint density at radius 1 is 1.22 bits per heavy atom. The van der Waals surface area contributed by atoms with Gasteiger partial charge in [-0.25, -0.2) is 0 Å². The third kappa shape index (κ3) is 3.57. The van der Waals surface area contributed by atoms with Gasteiger partial charge < -0.3 is 19.2 Å². The molecule has 1 saturated heterocycles. The van der Waals surface area contributed by atoms with Crippen molar-refractivity contribution in [3.63, 3.8) is 0 Å². The van der Waals surface area contributed by atoms with Gasteiger partial charge >= 0.3 is 0 Å². The number of nitrogens with one attached hydrogen (secondary N) is 1. The molecule has 2 aliphatic heterocycles. The first-order valence-corrected chi connectivity index (χ1v) is 11.2. The molecular weight excluding hydrogens is 430 g/mol. The van der Waals surface area contributed by atoms with Gasteiger partial charge in [0.1, 0.15) is 16.9 Å². The molecule has 1 aromatic heterocycles. The summed E-state index contributed by atoms with van der Waals surface area (Å²) in [5, 5.41) is 4.15. The van der Waals surface area contributed by atoms with E-state index in [0.29, 0.717) is 39.4 Å². The Balaban J connectivity index is 1.48. The molecule has 1 fully saturated rings. The Hall–Kier alpha value is -2.83. The second kappa shape index (κ2) is 7.94. The van der Waals surface area contributed by atoms with E-state index in [9.17, 15) is 9.59 Å². The lowest BCUT2D eigenvalue weighted by molar-refractivity contribution is 0.0507. The first-order valence-electron chi connectivity index (χ1n) is 10.8. The van der Waals surface area contributed by atoms with Crippen molar-refractivity contribution in [2.45, 2.75) is 44.8 Å². The van der Waals surface area contributed by atoms with E-state index in [1.807, 2.05) is 19.1 Å². The molecule has 6 nitrogen and oxygen atoms in total. The van der Waals surface area contributed by atoms with Crippen molar-refractivity contribution in [2.24, 2.45) is 0 Å². The molecule has 3 heterocycles. The van der Waals surface area contributed by atoms with E-state index in [4.69, 9.17) is 25.5 Å². The van der Waals surface area contributed by atoms with E-state index in [1.165, 1.54) is 0 Å². The highest BCUT2D eigenvalue weighted by molar-refractivity contribution is 6.30. The van der Waals surface area contributed by atoms with Crippen LogP contribution in [0.2, 0.25) is 5.02 Å². The average Bonchev–Trinajstić information content (AvgIpc) is 3.40. The molecule has 1 amide bonds. The summed E-state index contributed by atoms with van der Waals surface area (Å²) < 4.78 is 17.8. The summed E-state index contributed by atoms with van der Waals surface area (Å²) in [5.74, 6) is 0.342. The number of rotatable bonds is 4. The van der Waals surface area contributed by atoms with Crippen LogP contribution in [0.15, 0.2) is 40.8 Å². The van der Waals surface area contributed by atoms with Gasteiger partial charge in [0, 0.05) is 29.1 Å². The highest BCUT2D eigenvalue weighted by Gasteiger charge is 2.40. The molecule has 0 bridgehead atoms. The van der Waals surface area contributed by atoms with Gasteiger partial charge in [-0.2, -0.15) is 0 Å². The molecule has 5 rings (SSSR count). The van der Waals surface area contributed by atoms with Crippen molar-refractivity contribution in [2.75, 3.05) is 13.2 Å². The van der Waals surface area contributed by atoms with Crippen LogP contribution in [0.3, 0.4) is 0 Å². The Morgan fingerprint density at radius 3 is 2.72 bits per heavy atom. The maximum absolute atomic E-state index is 13.3. The molecule has 0 radical (unpaired) electrons. The van der Waals surface area contributed by atoms with Gasteiger partial charge in [0.05, 0.1) is 18.1 Å². The number of carbonyl (C=O) groups excluding carboxylic acids is 2. The standard InChI is InChI=1S/C25H24ClNO5/c1-14-21-19(31-23(14)24(29)27-13-17-4-3-11-30-17)9-10-20-22(21)18(28)12-25(2,32-20)15-5-7-16(26)8-6-15/h5-10,17H,3-4,11-13H2,1-2H3,(H,27,29)/t17-,25+/m1/s1. The monoisotopic (exact) mass is 453 g/mol. The first kappa shape index (κ1) is 21.0. The second-order valence-electron chi connectivity index (χ2n) is 8.65. The maximum atomic E-state index is 13.3. The quantitative estimate of drug-likeness (QED) is 0.588. The summed E-state index contributed by atoms with van der Waals surface area (Å²) in [6.07, 6.45) is 2.15. The zero-order valence-electron chi connectivity index (χ0n) is 18.0. The molecule has 0 aliphatic carbocycles. The molecule has 166 valence electrons. The van der Waals surface area contributed by atoms with E-state index in [0.717, 1.165) is 25.0 Å². The van der Waals surface area contributed by atoms with Crippen LogP contribution in [0.4, 0.5) is 0 Å². The summed E-state index contributed by atoms with van der Waals surface area (Å²) in [5.41, 5.74) is 1.67. The molecule has 1 N–H and O–H groups in total. The van der Waals surface area contributed by atoms with Crippen molar-refractivity contribution in [1.82, 2.24) is 5.32 Å². The lowest BCUT2D eigenvalue weighted by Crippen LogP contribution is -2.36. The van der Waals surface area contributed by atoms with Crippen LogP contribution in [0.25, 0.3) is 11.0 Å². The van der Waals surface area contributed by atoms with Crippen molar-refractivity contribution >= 4 is 34.3 Å². The fraction of sp³-hybridized carbons (Fsp3) is 0.360. The zero-order chi connectivity index (χ0) is 22.5. The summed E-state index contributed by atoms with van der Waals surface area (Å²) in [4.78, 5) is 26.1. The normalized spacial score (nSPS) is 22.6. The van der Waals surface area contributed by atoms with E-state index in [1.54, 1.807) is 31.2 Å². The summed E-state index contributed by atoms with van der Waals surface area (Å²) in [6, 6.07) is 10.8. The minimum Gasteiger partial charge on any atom is -0.482 e. The Kier molecular flexibility index (Phi) is 5.22. The number of aryl methyl sites for hydroxylation is 1. The lowest BCUT2D eigenvalue weighted by atomic mass is 9.84.